The minimum absolute atomic E-state index is 0.0469. The van der Waals surface area contributed by atoms with Crippen LogP contribution in [0.3, 0.4) is 0 Å². The van der Waals surface area contributed by atoms with Gasteiger partial charge in [-0.25, -0.2) is 4.79 Å². The number of hydrogen-bond donors (Lipinski definition) is 3. The summed E-state index contributed by atoms with van der Waals surface area (Å²) in [7, 11) is -2.15. The number of carboxylic acid groups (broad SMARTS) is 1. The average molecular weight is 409 g/mol. The predicted octanol–water partition coefficient (Wildman–Crippen LogP) is 4.47. The smallest absolute Gasteiger partial charge is 0.404 e. The highest BCUT2D eigenvalue weighted by Crippen LogP contribution is 2.38. The van der Waals surface area contributed by atoms with Crippen LogP contribution in [0, 0.1) is 0 Å². The number of aromatic nitrogens is 1. The molecule has 6 nitrogen and oxygen atoms in total. The second-order valence-electron chi connectivity index (χ2n) is 7.46. The predicted molar refractivity (Wildman–Crippen MR) is 102 cm³/mol. The summed E-state index contributed by atoms with van der Waals surface area (Å²) in [6.07, 6.45) is 0.420. The van der Waals surface area contributed by atoms with Gasteiger partial charge in [-0.05, 0) is 18.1 Å². The molecule has 1 aromatic rings. The first-order valence-corrected chi connectivity index (χ1v) is 11.6. The van der Waals surface area contributed by atoms with Crippen LogP contribution in [0.2, 0.25) is 28.2 Å². The van der Waals surface area contributed by atoms with Gasteiger partial charge in [-0.3, -0.25) is 4.98 Å². The van der Waals surface area contributed by atoms with Gasteiger partial charge in [0.1, 0.15) is 0 Å². The molecule has 142 valence electrons. The van der Waals surface area contributed by atoms with Crippen molar-refractivity contribution in [3.8, 4) is 0 Å². The lowest BCUT2D eigenvalue weighted by atomic mass is 10.1. The molecule has 1 heterocycles. The zero-order valence-electron chi connectivity index (χ0n) is 15.1. The van der Waals surface area contributed by atoms with E-state index < -0.39 is 26.6 Å². The highest BCUT2D eigenvalue weighted by atomic mass is 35.5. The first-order valence-electron chi connectivity index (χ1n) is 7.96. The van der Waals surface area contributed by atoms with Crippen LogP contribution >= 0.6 is 23.2 Å². The fourth-order valence-electron chi connectivity index (χ4n) is 2.01. The zero-order valence-corrected chi connectivity index (χ0v) is 17.6. The maximum absolute atomic E-state index is 10.9. The zero-order chi connectivity index (χ0) is 19.4. The summed E-state index contributed by atoms with van der Waals surface area (Å²) >= 11 is 12.1. The third-order valence-corrected chi connectivity index (χ3v) is 9.80. The Labute approximate surface area is 159 Å². The monoisotopic (exact) mass is 408 g/mol. The van der Waals surface area contributed by atoms with Crippen molar-refractivity contribution >= 4 is 37.6 Å². The van der Waals surface area contributed by atoms with E-state index in [-0.39, 0.29) is 28.0 Å². The fraction of sp³-hybridized carbons (Fsp3) is 0.625. The summed E-state index contributed by atoms with van der Waals surface area (Å²) in [6, 6.07) is 0. The van der Waals surface area contributed by atoms with Crippen LogP contribution in [0.25, 0.3) is 0 Å². The third-order valence-electron chi connectivity index (χ3n) is 4.46. The number of amides is 1. The fourth-order valence-corrected chi connectivity index (χ4v) is 3.77. The molecule has 0 spiro atoms. The average Bonchev–Trinajstić information content (AvgIpc) is 2.46. The summed E-state index contributed by atoms with van der Waals surface area (Å²) in [5.41, 5.74) is 0.397. The quantitative estimate of drug-likeness (QED) is 0.578. The molecule has 0 unspecified atom stereocenters. The molecule has 0 bridgehead atoms. The van der Waals surface area contributed by atoms with Crippen LogP contribution in [-0.2, 0) is 4.43 Å². The van der Waals surface area contributed by atoms with Gasteiger partial charge in [0.05, 0.1) is 22.3 Å². The van der Waals surface area contributed by atoms with Gasteiger partial charge in [0.25, 0.3) is 0 Å². The van der Waals surface area contributed by atoms with E-state index in [0.717, 1.165) is 0 Å². The number of pyridine rings is 1. The number of halogens is 2. The Morgan fingerprint density at radius 2 is 1.96 bits per heavy atom. The van der Waals surface area contributed by atoms with Crippen LogP contribution in [0.1, 0.15) is 38.9 Å². The molecule has 9 heteroatoms. The lowest BCUT2D eigenvalue weighted by Crippen LogP contribution is -2.47. The molecule has 25 heavy (non-hydrogen) atoms. The van der Waals surface area contributed by atoms with Gasteiger partial charge in [0.15, 0.2) is 8.32 Å². The number of carbonyl (C=O) groups is 1. The SMILES string of the molecule is CC(C)(C)[Si](C)(C)O[C@@H](CNC(=O)O)C[C@@H](O)c1cncc(Cl)c1Cl. The second kappa shape index (κ2) is 8.68. The van der Waals surface area contributed by atoms with E-state index in [0.29, 0.717) is 5.56 Å². The molecule has 0 saturated carbocycles. The Morgan fingerprint density at radius 1 is 1.36 bits per heavy atom. The lowest BCUT2D eigenvalue weighted by molar-refractivity contribution is 0.0847. The summed E-state index contributed by atoms with van der Waals surface area (Å²) in [6.45, 7) is 10.5. The molecule has 0 fully saturated rings. The highest BCUT2D eigenvalue weighted by Gasteiger charge is 2.39. The minimum atomic E-state index is -2.15. The van der Waals surface area contributed by atoms with Crippen molar-refractivity contribution in [2.75, 3.05) is 6.54 Å². The van der Waals surface area contributed by atoms with E-state index >= 15 is 0 Å². The molecular weight excluding hydrogens is 383 g/mol. The third kappa shape index (κ3) is 6.42. The van der Waals surface area contributed by atoms with Gasteiger partial charge < -0.3 is 20.0 Å². The van der Waals surface area contributed by atoms with E-state index in [9.17, 15) is 9.90 Å². The molecule has 0 saturated heterocycles. The molecule has 1 aromatic heterocycles. The first-order chi connectivity index (χ1) is 11.3. The topological polar surface area (TPSA) is 91.7 Å². The maximum Gasteiger partial charge on any atom is 0.404 e. The molecule has 1 rings (SSSR count). The van der Waals surface area contributed by atoms with Crippen LogP contribution < -0.4 is 5.32 Å². The standard InChI is InChI=1S/C16H26Cl2N2O4Si/c1-16(2,3)25(4,5)24-10(7-20-15(22)23)6-13(21)11-8-19-9-12(17)14(11)18/h8-10,13,20-21H,6-7H2,1-5H3,(H,22,23)/t10-,13-/m1/s1. The Hall–Kier alpha value is -0.863. The first kappa shape index (κ1) is 22.2. The molecular formula is C16H26Cl2N2O4Si. The summed E-state index contributed by atoms with van der Waals surface area (Å²) in [4.78, 5) is 14.8. The number of nitrogens with one attached hydrogen (secondary N) is 1. The second-order valence-corrected chi connectivity index (χ2v) is 13.0. The Kier molecular flexibility index (Phi) is 7.70. The largest absolute Gasteiger partial charge is 0.465 e. The van der Waals surface area contributed by atoms with E-state index in [1.165, 1.54) is 12.4 Å². The van der Waals surface area contributed by atoms with Gasteiger partial charge in [-0.15, -0.1) is 0 Å². The van der Waals surface area contributed by atoms with Gasteiger partial charge in [-0.1, -0.05) is 44.0 Å². The van der Waals surface area contributed by atoms with Gasteiger partial charge in [0, 0.05) is 30.9 Å². The maximum atomic E-state index is 10.9. The summed E-state index contributed by atoms with van der Waals surface area (Å²) in [5.74, 6) is 0. The van der Waals surface area contributed by atoms with Crippen LogP contribution in [0.15, 0.2) is 12.4 Å². The summed E-state index contributed by atoms with van der Waals surface area (Å²) in [5, 5.41) is 22.2. The lowest BCUT2D eigenvalue weighted by Gasteiger charge is -2.39. The summed E-state index contributed by atoms with van der Waals surface area (Å²) < 4.78 is 6.27. The molecule has 0 aliphatic rings. The van der Waals surface area contributed by atoms with E-state index in [2.05, 4.69) is 44.2 Å². The van der Waals surface area contributed by atoms with Crippen molar-refractivity contribution in [2.45, 2.75) is 57.5 Å². The number of hydrogen-bond acceptors (Lipinski definition) is 4. The number of aliphatic hydroxyl groups is 1. The Balaban J connectivity index is 2.96. The van der Waals surface area contributed by atoms with Crippen LogP contribution in [0.4, 0.5) is 4.79 Å². The van der Waals surface area contributed by atoms with Crippen LogP contribution in [-0.4, -0.2) is 42.3 Å². The molecule has 0 radical (unpaired) electrons. The van der Waals surface area contributed by atoms with Crippen molar-refractivity contribution in [1.29, 1.82) is 0 Å². The number of nitrogens with zero attached hydrogens (tertiary/aromatic N) is 1. The van der Waals surface area contributed by atoms with Crippen molar-refractivity contribution in [3.05, 3.63) is 28.0 Å². The molecule has 2 atom stereocenters. The molecule has 0 aliphatic carbocycles. The van der Waals surface area contributed by atoms with Crippen molar-refractivity contribution in [2.24, 2.45) is 0 Å². The number of rotatable bonds is 7. The van der Waals surface area contributed by atoms with Gasteiger partial charge in [0.2, 0.25) is 0 Å². The molecule has 0 aromatic carbocycles. The normalized spacial score (nSPS) is 14.9. The van der Waals surface area contributed by atoms with Crippen LogP contribution in [0.5, 0.6) is 0 Å². The molecule has 1 amide bonds. The van der Waals surface area contributed by atoms with Gasteiger partial charge in [-0.2, -0.15) is 0 Å². The Bertz CT molecular complexity index is 608. The number of aliphatic hydroxyl groups excluding tert-OH is 1. The van der Waals surface area contributed by atoms with Crippen molar-refractivity contribution in [3.63, 3.8) is 0 Å². The van der Waals surface area contributed by atoms with E-state index in [4.69, 9.17) is 32.7 Å². The minimum Gasteiger partial charge on any atom is -0.465 e. The van der Waals surface area contributed by atoms with Crippen molar-refractivity contribution < 1.29 is 19.4 Å². The Morgan fingerprint density at radius 3 is 2.48 bits per heavy atom. The van der Waals surface area contributed by atoms with Crippen molar-refractivity contribution in [1.82, 2.24) is 10.3 Å². The molecule has 3 N–H and O–H groups in total. The van der Waals surface area contributed by atoms with E-state index in [1.54, 1.807) is 0 Å². The molecule has 0 aliphatic heterocycles. The van der Waals surface area contributed by atoms with E-state index in [1.807, 2.05) is 0 Å². The van der Waals surface area contributed by atoms with Gasteiger partial charge >= 0.3 is 6.09 Å². The highest BCUT2D eigenvalue weighted by molar-refractivity contribution is 6.74.